The molecule has 1 atom stereocenters. The van der Waals surface area contributed by atoms with Crippen LogP contribution in [0.5, 0.6) is 28.7 Å². The summed E-state index contributed by atoms with van der Waals surface area (Å²) >= 11 is 0. The van der Waals surface area contributed by atoms with E-state index in [1.165, 1.54) is 32.1 Å². The average Bonchev–Trinajstić information content (AvgIpc) is 3.54. The number of ether oxygens (including phenoxy) is 3. The predicted molar refractivity (Wildman–Crippen MR) is 121 cm³/mol. The molecule has 178 valence electrons. The summed E-state index contributed by atoms with van der Waals surface area (Å²) in [7, 11) is 1.47. The van der Waals surface area contributed by atoms with Gasteiger partial charge >= 0.3 is 0 Å². The topological polar surface area (TPSA) is 131 Å². The monoisotopic (exact) mass is 466 g/mol. The van der Waals surface area contributed by atoms with Gasteiger partial charge in [-0.15, -0.1) is 5.10 Å². The molecule has 2 heterocycles. The minimum atomic E-state index is -0.545. The molecule has 1 saturated carbocycles. The Morgan fingerprint density at radius 3 is 2.71 bits per heavy atom. The Balaban J connectivity index is 1.36. The molecule has 10 nitrogen and oxygen atoms in total. The van der Waals surface area contributed by atoms with Gasteiger partial charge in [0.05, 0.1) is 30.6 Å². The van der Waals surface area contributed by atoms with Gasteiger partial charge in [-0.1, -0.05) is 29.3 Å². The first kappa shape index (κ1) is 21.9. The van der Waals surface area contributed by atoms with Gasteiger partial charge < -0.3 is 29.6 Å². The number of phenols is 2. The van der Waals surface area contributed by atoms with Crippen LogP contribution in [0.3, 0.4) is 0 Å². The highest BCUT2D eigenvalue weighted by Crippen LogP contribution is 2.43. The van der Waals surface area contributed by atoms with Crippen molar-refractivity contribution in [3.8, 4) is 28.7 Å². The lowest BCUT2D eigenvalue weighted by Gasteiger charge is -2.28. The van der Waals surface area contributed by atoms with Crippen LogP contribution in [0, 0.1) is 0 Å². The second-order valence-electron chi connectivity index (χ2n) is 8.52. The van der Waals surface area contributed by atoms with Crippen molar-refractivity contribution in [2.24, 2.45) is 5.16 Å². The van der Waals surface area contributed by atoms with Crippen molar-refractivity contribution in [3.05, 3.63) is 53.3 Å². The van der Waals surface area contributed by atoms with Crippen LogP contribution in [-0.2, 0) is 6.61 Å². The van der Waals surface area contributed by atoms with Gasteiger partial charge in [-0.05, 0) is 30.5 Å². The fourth-order valence-electron chi connectivity index (χ4n) is 4.58. The molecular weight excluding hydrogens is 440 g/mol. The van der Waals surface area contributed by atoms with E-state index < -0.39 is 6.10 Å². The molecule has 10 heteroatoms. The van der Waals surface area contributed by atoms with Gasteiger partial charge in [-0.3, -0.25) is 0 Å². The Morgan fingerprint density at radius 1 is 1.15 bits per heavy atom. The average molecular weight is 466 g/mol. The number of hydrogen-bond donors (Lipinski definition) is 3. The highest BCUT2D eigenvalue weighted by Gasteiger charge is 2.30. The molecule has 0 saturated heterocycles. The summed E-state index contributed by atoms with van der Waals surface area (Å²) < 4.78 is 19.0. The lowest BCUT2D eigenvalue weighted by atomic mass is 9.94. The highest BCUT2D eigenvalue weighted by molar-refractivity contribution is 6.06. The van der Waals surface area contributed by atoms with Gasteiger partial charge in [0.1, 0.15) is 35.7 Å². The summed E-state index contributed by atoms with van der Waals surface area (Å²) in [6.45, 7) is 0.182. The standard InChI is InChI=1S/C24H26N4O6/c1-32-21-7-6-14(8-19(21)29)22-11-18(26-31)24-20(30)9-17(10-23(24)34-22)33-13-15-12-28(27-25-15)16-4-2-3-5-16/h6-10,12,16,22,29-31H,2-5,11,13H2,1H3/b26-18+/t22-/m0/s1. The largest absolute Gasteiger partial charge is 0.507 e. The Bertz CT molecular complexity index is 1220. The zero-order valence-corrected chi connectivity index (χ0v) is 18.7. The zero-order chi connectivity index (χ0) is 23.7. The van der Waals surface area contributed by atoms with Gasteiger partial charge in [0.25, 0.3) is 0 Å². The third kappa shape index (κ3) is 4.18. The molecule has 0 radical (unpaired) electrons. The molecule has 1 aliphatic carbocycles. The van der Waals surface area contributed by atoms with E-state index in [-0.39, 0.29) is 30.2 Å². The minimum Gasteiger partial charge on any atom is -0.507 e. The Kier molecular flexibility index (Phi) is 5.87. The third-order valence-corrected chi connectivity index (χ3v) is 6.33. The van der Waals surface area contributed by atoms with Gasteiger partial charge in [0, 0.05) is 18.6 Å². The van der Waals surface area contributed by atoms with Gasteiger partial charge in [-0.25, -0.2) is 4.68 Å². The third-order valence-electron chi connectivity index (χ3n) is 6.33. The van der Waals surface area contributed by atoms with Crippen LogP contribution in [0.25, 0.3) is 0 Å². The van der Waals surface area contributed by atoms with Crippen molar-refractivity contribution in [3.63, 3.8) is 0 Å². The lowest BCUT2D eigenvalue weighted by molar-refractivity contribution is 0.199. The maximum atomic E-state index is 10.6. The van der Waals surface area contributed by atoms with Crippen LogP contribution in [0.2, 0.25) is 0 Å². The minimum absolute atomic E-state index is 0.0255. The summed E-state index contributed by atoms with van der Waals surface area (Å²) in [6, 6.07) is 8.42. The van der Waals surface area contributed by atoms with E-state index in [0.717, 1.165) is 12.8 Å². The van der Waals surface area contributed by atoms with Crippen molar-refractivity contribution >= 4 is 5.71 Å². The normalized spacial score (nSPS) is 19.1. The molecule has 2 aromatic carbocycles. The first-order valence-corrected chi connectivity index (χ1v) is 11.2. The van der Waals surface area contributed by atoms with Crippen molar-refractivity contribution in [2.45, 2.75) is 50.9 Å². The molecule has 0 bridgehead atoms. The van der Waals surface area contributed by atoms with Gasteiger partial charge in [-0.2, -0.15) is 0 Å². The number of aromatic nitrogens is 3. The number of rotatable bonds is 6. The zero-order valence-electron chi connectivity index (χ0n) is 18.7. The van der Waals surface area contributed by atoms with Crippen molar-refractivity contribution in [1.82, 2.24) is 15.0 Å². The number of fused-ring (bicyclic) bond motifs is 1. The Labute approximate surface area is 196 Å². The molecule has 1 aromatic heterocycles. The summed E-state index contributed by atoms with van der Waals surface area (Å²) in [4.78, 5) is 0. The smallest absolute Gasteiger partial charge is 0.160 e. The number of aromatic hydroxyl groups is 2. The molecule has 1 aliphatic heterocycles. The predicted octanol–water partition coefficient (Wildman–Crippen LogP) is 4.09. The first-order chi connectivity index (χ1) is 16.6. The molecule has 2 aliphatic rings. The first-order valence-electron chi connectivity index (χ1n) is 11.2. The van der Waals surface area contributed by atoms with E-state index in [1.807, 2.05) is 10.9 Å². The second-order valence-corrected chi connectivity index (χ2v) is 8.52. The molecule has 1 fully saturated rings. The van der Waals surface area contributed by atoms with E-state index in [2.05, 4.69) is 15.5 Å². The number of nitrogens with zero attached hydrogens (tertiary/aromatic N) is 4. The molecule has 0 unspecified atom stereocenters. The number of methoxy groups -OCH3 is 1. The van der Waals surface area contributed by atoms with Crippen molar-refractivity contribution in [2.75, 3.05) is 7.11 Å². The number of phenolic OH excluding ortho intramolecular Hbond substituents is 2. The molecule has 0 spiro atoms. The van der Waals surface area contributed by atoms with Crippen LogP contribution in [0.15, 0.2) is 41.7 Å². The Morgan fingerprint density at radius 2 is 1.97 bits per heavy atom. The lowest BCUT2D eigenvalue weighted by Crippen LogP contribution is -2.21. The summed E-state index contributed by atoms with van der Waals surface area (Å²) in [5.41, 5.74) is 1.93. The van der Waals surface area contributed by atoms with E-state index in [0.29, 0.717) is 40.1 Å². The summed E-state index contributed by atoms with van der Waals surface area (Å²) in [6.07, 6.45) is 6.20. The Hall–Kier alpha value is -3.95. The van der Waals surface area contributed by atoms with Crippen molar-refractivity contribution in [1.29, 1.82) is 0 Å². The fourth-order valence-corrected chi connectivity index (χ4v) is 4.58. The van der Waals surface area contributed by atoms with Crippen LogP contribution < -0.4 is 14.2 Å². The number of hydrogen-bond acceptors (Lipinski definition) is 9. The van der Waals surface area contributed by atoms with E-state index in [4.69, 9.17) is 14.2 Å². The molecule has 34 heavy (non-hydrogen) atoms. The van der Waals surface area contributed by atoms with Crippen molar-refractivity contribution < 1.29 is 29.6 Å². The molecule has 3 aromatic rings. The second kappa shape index (κ2) is 9.12. The van der Waals surface area contributed by atoms with Crippen LogP contribution in [-0.4, -0.2) is 43.2 Å². The summed E-state index contributed by atoms with van der Waals surface area (Å²) in [5, 5.41) is 42.1. The van der Waals surface area contributed by atoms with Crippen LogP contribution in [0.1, 0.15) is 61.1 Å². The fraction of sp³-hybridized carbons (Fsp3) is 0.375. The number of oxime groups is 1. The molecular formula is C24H26N4O6. The van der Waals surface area contributed by atoms with Crippen LogP contribution >= 0.6 is 0 Å². The maximum Gasteiger partial charge on any atom is 0.160 e. The van der Waals surface area contributed by atoms with E-state index in [9.17, 15) is 15.4 Å². The molecule has 3 N–H and O–H groups in total. The van der Waals surface area contributed by atoms with Crippen LogP contribution in [0.4, 0.5) is 0 Å². The van der Waals surface area contributed by atoms with E-state index in [1.54, 1.807) is 18.2 Å². The number of benzene rings is 2. The SMILES string of the molecule is COc1ccc([C@@H]2C/C(=N\O)c3c(O)cc(OCc4cn(C5CCCC5)nn4)cc3O2)cc1O. The quantitative estimate of drug-likeness (QED) is 0.366. The molecule has 5 rings (SSSR count). The van der Waals surface area contributed by atoms with E-state index >= 15 is 0 Å². The highest BCUT2D eigenvalue weighted by atomic mass is 16.5. The molecule has 0 amide bonds. The summed E-state index contributed by atoms with van der Waals surface area (Å²) in [5.74, 6) is 0.883. The maximum absolute atomic E-state index is 10.6. The van der Waals surface area contributed by atoms with Gasteiger partial charge in [0.2, 0.25) is 0 Å². The van der Waals surface area contributed by atoms with Gasteiger partial charge in [0.15, 0.2) is 11.5 Å².